The molecule has 4 heteroatoms. The fraction of sp³-hybridized carbons (Fsp3) is 0. The molecule has 21 valence electrons. The Morgan fingerprint density at radius 3 is 1.75 bits per heavy atom. The SMILES string of the molecule is [CaH2].[O]=[Ti][SiH3]. The van der Waals surface area contributed by atoms with Crippen molar-refractivity contribution in [2.24, 2.45) is 0 Å². The van der Waals surface area contributed by atoms with E-state index in [-0.39, 0.29) is 37.7 Å². The molecule has 4 heavy (non-hydrogen) atoms. The van der Waals surface area contributed by atoms with Crippen molar-refractivity contribution in [2.75, 3.05) is 0 Å². The van der Waals surface area contributed by atoms with E-state index >= 15 is 0 Å². The van der Waals surface area contributed by atoms with Gasteiger partial charge in [-0.05, 0) is 0 Å². The van der Waals surface area contributed by atoms with Crippen LogP contribution in [0.4, 0.5) is 0 Å². The molecular weight excluding hydrogens is 132 g/mol. The number of rotatable bonds is 0. The van der Waals surface area contributed by atoms with Crippen LogP contribution in [-0.4, -0.2) is 45.8 Å². The van der Waals surface area contributed by atoms with Gasteiger partial charge in [0.1, 0.15) is 0 Å². The van der Waals surface area contributed by atoms with E-state index in [4.69, 9.17) is 3.32 Å². The summed E-state index contributed by atoms with van der Waals surface area (Å²) in [6.07, 6.45) is 0. The van der Waals surface area contributed by atoms with Crippen LogP contribution in [0.3, 0.4) is 0 Å². The van der Waals surface area contributed by atoms with Gasteiger partial charge >= 0.3 is 67.5 Å². The van der Waals surface area contributed by atoms with E-state index in [1.54, 1.807) is 0 Å². The summed E-state index contributed by atoms with van der Waals surface area (Å²) in [5.41, 5.74) is 0. The van der Waals surface area contributed by atoms with E-state index < -0.39 is 18.4 Å². The molecule has 0 aliphatic carbocycles. The van der Waals surface area contributed by atoms with Gasteiger partial charge in [-0.15, -0.1) is 0 Å². The first-order valence-corrected chi connectivity index (χ1v) is 7.03. The Hall–Kier alpha value is 1.99. The van der Waals surface area contributed by atoms with Gasteiger partial charge in [0.25, 0.3) is 0 Å². The van der Waals surface area contributed by atoms with Crippen LogP contribution in [0.2, 0.25) is 0 Å². The van der Waals surface area contributed by atoms with Gasteiger partial charge in [0, 0.05) is 0 Å². The molecular formula is H5CaOSiTi. The summed E-state index contributed by atoms with van der Waals surface area (Å²) in [7, 11) is 0.938. The summed E-state index contributed by atoms with van der Waals surface area (Å²) in [6, 6.07) is 0. The van der Waals surface area contributed by atoms with E-state index in [1.165, 1.54) is 0 Å². The molecule has 1 nitrogen and oxygen atoms in total. The molecule has 0 aromatic carbocycles. The second-order valence-electron chi connectivity index (χ2n) is 0.204. The molecule has 0 fully saturated rings. The molecule has 0 aliphatic heterocycles. The predicted molar refractivity (Wildman–Crippen MR) is 19.2 cm³/mol. The first-order chi connectivity index (χ1) is 1.41. The van der Waals surface area contributed by atoms with Gasteiger partial charge in [-0.3, -0.25) is 0 Å². The third kappa shape index (κ3) is 9.01. The van der Waals surface area contributed by atoms with Crippen molar-refractivity contribution in [2.45, 2.75) is 0 Å². The number of hydrogen-bond donors (Lipinski definition) is 0. The van der Waals surface area contributed by atoms with Crippen molar-refractivity contribution < 1.29 is 21.7 Å². The fourth-order valence-corrected chi connectivity index (χ4v) is 0. The summed E-state index contributed by atoms with van der Waals surface area (Å²) in [5.74, 6) is 0. The van der Waals surface area contributed by atoms with E-state index in [0.717, 1.165) is 8.11 Å². The minimum atomic E-state index is -0.611. The Labute approximate surface area is 66.4 Å². The molecule has 0 saturated heterocycles. The quantitative estimate of drug-likeness (QED) is 0.346. The molecule has 0 aliphatic rings. The Kier molecular flexibility index (Phi) is 20.8. The molecule has 0 bridgehead atoms. The van der Waals surface area contributed by atoms with E-state index in [1.807, 2.05) is 0 Å². The molecule has 0 saturated carbocycles. The molecule has 0 spiro atoms. The van der Waals surface area contributed by atoms with Gasteiger partial charge < -0.3 is 0 Å². The van der Waals surface area contributed by atoms with Crippen LogP contribution in [0.25, 0.3) is 0 Å². The molecule has 0 aromatic heterocycles. The minimum absolute atomic E-state index is 0. The standard InChI is InChI=1S/Ca.O.H3Si.Ti.2H/h;;1H3;;;. The van der Waals surface area contributed by atoms with Crippen LogP contribution in [0.5, 0.6) is 0 Å². The Balaban J connectivity index is 0. The zero-order chi connectivity index (χ0) is 2.71. The summed E-state index contributed by atoms with van der Waals surface area (Å²) in [6.45, 7) is 0. The Bertz CT molecular complexity index is 15.5. The van der Waals surface area contributed by atoms with Crippen molar-refractivity contribution in [3.63, 3.8) is 0 Å². The van der Waals surface area contributed by atoms with Gasteiger partial charge in [-0.25, -0.2) is 0 Å². The van der Waals surface area contributed by atoms with Crippen LogP contribution in [-0.2, 0) is 21.7 Å². The predicted octanol–water partition coefficient (Wildman–Crippen LogP) is -2.22. The summed E-state index contributed by atoms with van der Waals surface area (Å²) >= 11 is -0.611. The van der Waals surface area contributed by atoms with Crippen molar-refractivity contribution in [3.8, 4) is 0 Å². The third-order valence-corrected chi connectivity index (χ3v) is 0. The maximum atomic E-state index is 9.12. The molecule has 0 rings (SSSR count). The van der Waals surface area contributed by atoms with E-state index in [9.17, 15) is 0 Å². The molecule has 0 aromatic rings. The van der Waals surface area contributed by atoms with Crippen LogP contribution >= 0.6 is 0 Å². The maximum absolute atomic E-state index is 9.12. The topological polar surface area (TPSA) is 17.1 Å². The second-order valence-corrected chi connectivity index (χ2v) is 2.52. The normalized spacial score (nSPS) is 3.00. The van der Waals surface area contributed by atoms with Crippen LogP contribution in [0.15, 0.2) is 0 Å². The average Bonchev–Trinajstić information content (AvgIpc) is 0.918. The van der Waals surface area contributed by atoms with Gasteiger partial charge in [-0.1, -0.05) is 0 Å². The Morgan fingerprint density at radius 1 is 1.75 bits per heavy atom. The molecule has 0 N–H and O–H groups in total. The molecule has 0 unspecified atom stereocenters. The molecule has 0 heterocycles. The van der Waals surface area contributed by atoms with Crippen molar-refractivity contribution in [1.29, 1.82) is 0 Å². The first-order valence-electron chi connectivity index (χ1n) is 0.704. The van der Waals surface area contributed by atoms with Gasteiger partial charge in [-0.2, -0.15) is 0 Å². The molecule has 0 radical (unpaired) electrons. The van der Waals surface area contributed by atoms with Crippen molar-refractivity contribution >= 4 is 45.8 Å². The third-order valence-electron chi connectivity index (χ3n) is 0. The van der Waals surface area contributed by atoms with Crippen molar-refractivity contribution in [1.82, 2.24) is 0 Å². The van der Waals surface area contributed by atoms with E-state index in [2.05, 4.69) is 0 Å². The molecule has 0 atom stereocenters. The van der Waals surface area contributed by atoms with Gasteiger partial charge in [0.15, 0.2) is 0 Å². The first kappa shape index (κ1) is 9.37. The zero-order valence-electron chi connectivity index (χ0n) is 1.91. The summed E-state index contributed by atoms with van der Waals surface area (Å²) in [4.78, 5) is 0. The monoisotopic (exact) mass is 137 g/mol. The average molecular weight is 137 g/mol. The van der Waals surface area contributed by atoms with Crippen molar-refractivity contribution in [3.05, 3.63) is 0 Å². The van der Waals surface area contributed by atoms with Crippen LogP contribution in [0.1, 0.15) is 0 Å². The van der Waals surface area contributed by atoms with Crippen LogP contribution < -0.4 is 0 Å². The van der Waals surface area contributed by atoms with Crippen LogP contribution in [0, 0.1) is 0 Å². The van der Waals surface area contributed by atoms with Gasteiger partial charge in [0.05, 0.1) is 0 Å². The zero-order valence-corrected chi connectivity index (χ0v) is 5.47. The Morgan fingerprint density at radius 2 is 1.75 bits per heavy atom. The second kappa shape index (κ2) is 8.89. The summed E-state index contributed by atoms with van der Waals surface area (Å²) in [5, 5.41) is 0. The summed E-state index contributed by atoms with van der Waals surface area (Å²) < 4.78 is 9.12. The number of hydrogen-bond acceptors (Lipinski definition) is 1. The van der Waals surface area contributed by atoms with Gasteiger partial charge in [0.2, 0.25) is 0 Å². The molecule has 0 amide bonds. The fourth-order valence-electron chi connectivity index (χ4n) is 0. The van der Waals surface area contributed by atoms with E-state index in [0.29, 0.717) is 0 Å².